The molecule has 0 fully saturated rings. The molecule has 2 heterocycles. The van der Waals surface area contributed by atoms with Crippen molar-refractivity contribution >= 4 is 27.7 Å². The van der Waals surface area contributed by atoms with Gasteiger partial charge in [0.2, 0.25) is 5.72 Å². The van der Waals surface area contributed by atoms with Gasteiger partial charge in [0, 0.05) is 33.9 Å². The van der Waals surface area contributed by atoms with E-state index in [0.717, 1.165) is 27.0 Å². The van der Waals surface area contributed by atoms with E-state index in [1.807, 2.05) is 18.2 Å². The number of halogens is 1. The number of fused-ring (bicyclic) bond motifs is 5. The second kappa shape index (κ2) is 5.24. The maximum Gasteiger partial charge on any atom is 0.229 e. The van der Waals surface area contributed by atoms with Gasteiger partial charge in [0.1, 0.15) is 5.75 Å². The Morgan fingerprint density at radius 3 is 2.64 bits per heavy atom. The van der Waals surface area contributed by atoms with Crippen LogP contribution in [0.15, 0.2) is 77.3 Å². The van der Waals surface area contributed by atoms with Gasteiger partial charge in [0.25, 0.3) is 0 Å². The molecule has 3 aromatic rings. The summed E-state index contributed by atoms with van der Waals surface area (Å²) in [4.78, 5) is 2.23. The molecule has 0 amide bonds. The maximum absolute atomic E-state index is 6.61. The van der Waals surface area contributed by atoms with Crippen molar-refractivity contribution < 1.29 is 4.74 Å². The van der Waals surface area contributed by atoms with E-state index in [1.165, 1.54) is 11.1 Å². The van der Waals surface area contributed by atoms with Gasteiger partial charge >= 0.3 is 0 Å². The first kappa shape index (κ1) is 14.8. The van der Waals surface area contributed by atoms with Crippen LogP contribution in [-0.4, -0.2) is 7.05 Å². The van der Waals surface area contributed by atoms with E-state index in [1.54, 1.807) is 0 Å². The highest BCUT2D eigenvalue weighted by Gasteiger charge is 2.44. The number of likely N-dealkylation sites (N-methyl/N-ethyl adjacent to an activating group) is 1. The Morgan fingerprint density at radius 1 is 0.920 bits per heavy atom. The van der Waals surface area contributed by atoms with Crippen molar-refractivity contribution in [2.45, 2.75) is 5.72 Å². The molecule has 2 nitrogen and oxygen atoms in total. The minimum Gasteiger partial charge on any atom is -0.459 e. The van der Waals surface area contributed by atoms with Crippen LogP contribution in [0.1, 0.15) is 11.1 Å². The number of rotatable bonds is 0. The Balaban J connectivity index is 1.79. The van der Waals surface area contributed by atoms with Crippen LogP contribution in [-0.2, 0) is 5.72 Å². The standard InChI is InChI=1S/C22H16BrNO/c1-24-20-11-10-16(23)14-18(20)17-7-3-4-8-19(17)22(24)13-12-15-6-2-5-9-21(15)25-22/h2-14H,1H3. The van der Waals surface area contributed by atoms with E-state index in [4.69, 9.17) is 4.74 Å². The van der Waals surface area contributed by atoms with E-state index in [2.05, 4.69) is 88.6 Å². The summed E-state index contributed by atoms with van der Waals surface area (Å²) >= 11 is 3.61. The molecule has 1 spiro atoms. The molecule has 0 aliphatic carbocycles. The van der Waals surface area contributed by atoms with Crippen molar-refractivity contribution in [1.82, 2.24) is 0 Å². The van der Waals surface area contributed by atoms with Crippen molar-refractivity contribution in [3.63, 3.8) is 0 Å². The van der Waals surface area contributed by atoms with Gasteiger partial charge in [0.05, 0.1) is 0 Å². The highest BCUT2D eigenvalue weighted by molar-refractivity contribution is 9.10. The van der Waals surface area contributed by atoms with Crippen molar-refractivity contribution in [3.05, 3.63) is 88.4 Å². The number of ether oxygens (including phenoxy) is 1. The first-order valence-corrected chi connectivity index (χ1v) is 9.09. The first-order chi connectivity index (χ1) is 12.2. The second-order valence-corrected chi connectivity index (χ2v) is 7.35. The average molecular weight is 390 g/mol. The molecular weight excluding hydrogens is 374 g/mol. The van der Waals surface area contributed by atoms with Crippen molar-refractivity contribution in [2.24, 2.45) is 0 Å². The van der Waals surface area contributed by atoms with Crippen LogP contribution in [0.5, 0.6) is 5.75 Å². The van der Waals surface area contributed by atoms with Crippen molar-refractivity contribution in [3.8, 4) is 16.9 Å². The van der Waals surface area contributed by atoms with Crippen LogP contribution in [0.3, 0.4) is 0 Å². The monoisotopic (exact) mass is 389 g/mol. The van der Waals surface area contributed by atoms with Gasteiger partial charge in [-0.05, 0) is 42.0 Å². The molecule has 2 aliphatic rings. The average Bonchev–Trinajstić information content (AvgIpc) is 2.66. The fourth-order valence-corrected chi connectivity index (χ4v) is 4.21. The molecule has 0 radical (unpaired) electrons. The predicted molar refractivity (Wildman–Crippen MR) is 106 cm³/mol. The molecular formula is C22H16BrNO. The summed E-state index contributed by atoms with van der Waals surface area (Å²) in [5, 5.41) is 0. The number of nitrogens with zero attached hydrogens (tertiary/aromatic N) is 1. The zero-order chi connectivity index (χ0) is 17.0. The van der Waals surface area contributed by atoms with Gasteiger partial charge in [0.15, 0.2) is 0 Å². The van der Waals surface area contributed by atoms with Gasteiger partial charge in [-0.15, -0.1) is 0 Å². The number of para-hydroxylation sites is 1. The molecule has 0 bridgehead atoms. The normalized spacial score (nSPS) is 19.8. The van der Waals surface area contributed by atoms with Crippen LogP contribution < -0.4 is 9.64 Å². The SMILES string of the molecule is CN1c2ccc(Br)cc2-c2ccccc2C12C=Cc1ccccc1O2. The second-order valence-electron chi connectivity index (χ2n) is 6.44. The van der Waals surface area contributed by atoms with Crippen LogP contribution >= 0.6 is 15.9 Å². The molecule has 3 aromatic carbocycles. The third kappa shape index (κ3) is 2.02. The quantitative estimate of drug-likeness (QED) is 0.479. The van der Waals surface area contributed by atoms with E-state index in [9.17, 15) is 0 Å². The molecule has 122 valence electrons. The van der Waals surface area contributed by atoms with E-state index < -0.39 is 5.72 Å². The van der Waals surface area contributed by atoms with E-state index in [-0.39, 0.29) is 0 Å². The lowest BCUT2D eigenvalue weighted by Gasteiger charge is -2.47. The Bertz CT molecular complexity index is 1030. The van der Waals surface area contributed by atoms with Crippen molar-refractivity contribution in [1.29, 1.82) is 0 Å². The number of hydrogen-bond acceptors (Lipinski definition) is 2. The third-order valence-electron chi connectivity index (χ3n) is 5.09. The summed E-state index contributed by atoms with van der Waals surface area (Å²) < 4.78 is 7.69. The highest BCUT2D eigenvalue weighted by Crippen LogP contribution is 2.50. The molecule has 0 N–H and O–H groups in total. The minimum absolute atomic E-state index is 0.633. The fourth-order valence-electron chi connectivity index (χ4n) is 3.85. The summed E-state index contributed by atoms with van der Waals surface area (Å²) in [7, 11) is 2.10. The molecule has 25 heavy (non-hydrogen) atoms. The fraction of sp³-hybridized carbons (Fsp3) is 0.0909. The smallest absolute Gasteiger partial charge is 0.229 e. The maximum atomic E-state index is 6.61. The van der Waals surface area contributed by atoms with E-state index in [0.29, 0.717) is 0 Å². The Morgan fingerprint density at radius 2 is 1.72 bits per heavy atom. The summed E-state index contributed by atoms with van der Waals surface area (Å²) in [5.41, 5.74) is 5.22. The van der Waals surface area contributed by atoms with Gasteiger partial charge in [-0.1, -0.05) is 58.4 Å². The lowest BCUT2D eigenvalue weighted by atomic mass is 9.84. The number of benzene rings is 3. The molecule has 0 saturated heterocycles. The van der Waals surface area contributed by atoms with Gasteiger partial charge in [-0.3, -0.25) is 0 Å². The van der Waals surface area contributed by atoms with Gasteiger partial charge in [-0.25, -0.2) is 0 Å². The van der Waals surface area contributed by atoms with Gasteiger partial charge in [-0.2, -0.15) is 0 Å². The highest BCUT2D eigenvalue weighted by atomic mass is 79.9. The molecule has 3 heteroatoms. The van der Waals surface area contributed by atoms with E-state index >= 15 is 0 Å². The van der Waals surface area contributed by atoms with Crippen LogP contribution in [0.2, 0.25) is 0 Å². The summed E-state index contributed by atoms with van der Waals surface area (Å²) in [6.45, 7) is 0. The summed E-state index contributed by atoms with van der Waals surface area (Å²) in [6, 6.07) is 23.1. The summed E-state index contributed by atoms with van der Waals surface area (Å²) in [5.74, 6) is 0.909. The van der Waals surface area contributed by atoms with Crippen LogP contribution in [0.25, 0.3) is 17.2 Å². The molecule has 0 aromatic heterocycles. The lowest BCUT2D eigenvalue weighted by Crippen LogP contribution is -2.50. The first-order valence-electron chi connectivity index (χ1n) is 8.30. The minimum atomic E-state index is -0.633. The molecule has 1 atom stereocenters. The Labute approximate surface area is 155 Å². The van der Waals surface area contributed by atoms with Gasteiger partial charge < -0.3 is 9.64 Å². The lowest BCUT2D eigenvalue weighted by molar-refractivity contribution is 0.116. The molecule has 1 unspecified atom stereocenters. The molecule has 0 saturated carbocycles. The van der Waals surface area contributed by atoms with Crippen LogP contribution in [0.4, 0.5) is 5.69 Å². The number of anilines is 1. The topological polar surface area (TPSA) is 12.5 Å². The predicted octanol–water partition coefficient (Wildman–Crippen LogP) is 5.82. The summed E-state index contributed by atoms with van der Waals surface area (Å²) in [6.07, 6.45) is 4.33. The van der Waals surface area contributed by atoms with Crippen LogP contribution in [0, 0.1) is 0 Å². The van der Waals surface area contributed by atoms with Crippen molar-refractivity contribution in [2.75, 3.05) is 11.9 Å². The zero-order valence-electron chi connectivity index (χ0n) is 13.7. The third-order valence-corrected chi connectivity index (χ3v) is 5.59. The largest absolute Gasteiger partial charge is 0.459 e. The zero-order valence-corrected chi connectivity index (χ0v) is 15.3. The number of hydrogen-bond donors (Lipinski definition) is 0. The Kier molecular flexibility index (Phi) is 3.10. The molecule has 5 rings (SSSR count). The molecule has 2 aliphatic heterocycles. The Hall–Kier alpha value is -2.52.